The molecule has 21 atom stereocenters. The second-order valence-electron chi connectivity index (χ2n) is 29.0. The minimum atomic E-state index is -1.11. The number of primary amides is 1. The lowest BCUT2D eigenvalue weighted by molar-refractivity contribution is -0.292. The van der Waals surface area contributed by atoms with Crippen molar-refractivity contribution in [1.29, 1.82) is 0 Å². The Morgan fingerprint density at radius 2 is 1.43 bits per heavy atom. The zero-order valence-electron chi connectivity index (χ0n) is 56.9. The number of carbonyl (C=O) groups excluding carboxylic acids is 9. The number of carbonyl (C=O) groups is 9. The topological polar surface area (TPSA) is 353 Å². The quantitative estimate of drug-likeness (QED) is 0.0301. The van der Waals surface area contributed by atoms with Gasteiger partial charge in [-0.25, -0.2) is 9.59 Å². The number of aliphatic hydroxyl groups is 1. The molecular formula is C71H100N6O21. The minimum Gasteiger partial charge on any atom is -0.461 e. The maximum Gasteiger partial charge on any atom is 0.333 e. The molecule has 540 valence electrons. The number of aliphatic hydroxyl groups excluding tert-OH is 1. The summed E-state index contributed by atoms with van der Waals surface area (Å²) in [4.78, 5) is 120. The highest BCUT2D eigenvalue weighted by molar-refractivity contribution is 6.01. The van der Waals surface area contributed by atoms with Crippen molar-refractivity contribution in [2.24, 2.45) is 23.5 Å². The number of esters is 1. The molecule has 12 rings (SSSR count). The number of amides is 7. The Bertz CT molecular complexity index is 3080. The van der Waals surface area contributed by atoms with E-state index in [0.29, 0.717) is 67.7 Å². The van der Waals surface area contributed by atoms with Crippen molar-refractivity contribution in [2.45, 2.75) is 297 Å². The van der Waals surface area contributed by atoms with Gasteiger partial charge in [0.2, 0.25) is 17.7 Å². The van der Waals surface area contributed by atoms with Crippen LogP contribution in [0.5, 0.6) is 0 Å². The van der Waals surface area contributed by atoms with Crippen molar-refractivity contribution in [2.75, 3.05) is 19.0 Å². The first-order valence-corrected chi connectivity index (χ1v) is 35.6. The number of imide groups is 1. The van der Waals surface area contributed by atoms with Crippen LogP contribution in [0.15, 0.2) is 48.6 Å². The van der Waals surface area contributed by atoms with Crippen LogP contribution in [0.3, 0.4) is 0 Å². The van der Waals surface area contributed by atoms with Crippen molar-refractivity contribution >= 4 is 59.0 Å². The van der Waals surface area contributed by atoms with E-state index in [9.17, 15) is 48.3 Å². The monoisotopic (exact) mass is 1370 g/mol. The van der Waals surface area contributed by atoms with Gasteiger partial charge in [0, 0.05) is 95.9 Å². The Kier molecular flexibility index (Phi) is 24.3. The average molecular weight is 1370 g/mol. The van der Waals surface area contributed by atoms with E-state index in [2.05, 4.69) is 41.3 Å². The van der Waals surface area contributed by atoms with Gasteiger partial charge >= 0.3 is 18.0 Å². The predicted molar refractivity (Wildman–Crippen MR) is 347 cm³/mol. The van der Waals surface area contributed by atoms with E-state index in [-0.39, 0.29) is 162 Å². The van der Waals surface area contributed by atoms with Gasteiger partial charge in [0.25, 0.3) is 11.8 Å². The predicted octanol–water partition coefficient (Wildman–Crippen LogP) is 5.57. The van der Waals surface area contributed by atoms with Gasteiger partial charge in [0.05, 0.1) is 67.1 Å². The number of ether oxygens (including phenoxy) is 10. The van der Waals surface area contributed by atoms with Crippen LogP contribution in [0.1, 0.15) is 180 Å². The standard InChI is InChI=1S/C71H100N6O21/c1-37(2)61(76-56(80)12-8-7-9-13-60(84)98-77-57(81)23-24-58(77)82)69(86)75-49(11-10-28-73-70(72)87)68(85)74-42-16-14-41(15-17-42)36-89-59(83)25-18-43(78)33-54-62(88-6)48-32-44(79)31-46-20-22-51-63(92-46)67-66-65(94-51)64-55(95-66)35-71(96-64,97-67)27-26-47-30-39(4)50(90-47)21-19-45-29-38(3)40(5)52(91-45)34-53(48)93-54/h14-17,37-38,43,45-55,61-67,78H,4-5,7-13,18-36H2,1-3,6H3,(H,74,85)(H,75,86)(H,76,80)(H3,72,73,87)/t38-,43-,45+,46-,47+,48?,49+,50?,51+,52?,53?,54-,55-,61+,62-,63+,64?,65+,66-,67+,71+/m1/s1. The van der Waals surface area contributed by atoms with Crippen LogP contribution in [0.4, 0.5) is 10.5 Å². The molecule has 7 N–H and O–H groups in total. The molecule has 12 bridgehead atoms. The Balaban J connectivity index is 0.664. The maximum atomic E-state index is 14.5. The smallest absolute Gasteiger partial charge is 0.333 e. The Labute approximate surface area is 571 Å². The largest absolute Gasteiger partial charge is 0.461 e. The summed E-state index contributed by atoms with van der Waals surface area (Å²) in [5.41, 5.74) is 8.27. The van der Waals surface area contributed by atoms with Crippen molar-refractivity contribution in [1.82, 2.24) is 21.0 Å². The van der Waals surface area contributed by atoms with E-state index in [1.807, 2.05) is 0 Å². The molecule has 0 radical (unpaired) electrons. The van der Waals surface area contributed by atoms with Gasteiger partial charge in [-0.1, -0.05) is 52.5 Å². The third kappa shape index (κ3) is 17.9. The summed E-state index contributed by atoms with van der Waals surface area (Å²) in [6.45, 7) is 14.6. The maximum absolute atomic E-state index is 14.5. The Morgan fingerprint density at radius 3 is 2.18 bits per heavy atom. The Hall–Kier alpha value is -6.27. The summed E-state index contributed by atoms with van der Waals surface area (Å²) < 4.78 is 66.5. The van der Waals surface area contributed by atoms with Crippen molar-refractivity contribution in [3.63, 3.8) is 0 Å². The molecular weight excluding hydrogens is 1270 g/mol. The number of urea groups is 1. The van der Waals surface area contributed by atoms with E-state index >= 15 is 0 Å². The number of nitrogens with zero attached hydrogens (tertiary/aromatic N) is 1. The molecule has 11 heterocycles. The first-order valence-electron chi connectivity index (χ1n) is 35.6. The molecule has 27 nitrogen and oxygen atoms in total. The molecule has 98 heavy (non-hydrogen) atoms. The fraction of sp³-hybridized carbons (Fsp3) is 0.732. The number of nitrogens with two attached hydrogens (primary N) is 1. The van der Waals surface area contributed by atoms with Crippen LogP contribution < -0.4 is 27.0 Å². The highest BCUT2D eigenvalue weighted by atomic mass is 16.8. The molecule has 11 saturated heterocycles. The van der Waals surface area contributed by atoms with E-state index in [1.54, 1.807) is 45.2 Å². The molecule has 0 aliphatic carbocycles. The van der Waals surface area contributed by atoms with E-state index in [1.165, 1.54) is 0 Å². The number of anilines is 1. The lowest BCUT2D eigenvalue weighted by Gasteiger charge is -2.47. The third-order valence-corrected chi connectivity index (χ3v) is 21.4. The lowest BCUT2D eigenvalue weighted by atomic mass is 9.81. The third-order valence-electron chi connectivity index (χ3n) is 21.4. The van der Waals surface area contributed by atoms with Gasteiger partial charge in [-0.3, -0.25) is 33.6 Å². The number of methoxy groups -OCH3 is 1. The summed E-state index contributed by atoms with van der Waals surface area (Å²) in [7, 11) is 1.59. The fourth-order valence-corrected chi connectivity index (χ4v) is 16.1. The number of fused-ring (bicyclic) bond motifs is 6. The number of hydrogen-bond donors (Lipinski definition) is 6. The molecule has 1 aromatic carbocycles. The number of hydrogen-bond acceptors (Lipinski definition) is 21. The van der Waals surface area contributed by atoms with Crippen LogP contribution >= 0.6 is 0 Å². The second-order valence-corrected chi connectivity index (χ2v) is 29.0. The highest BCUT2D eigenvalue weighted by Crippen LogP contribution is 2.55. The molecule has 5 unspecified atom stereocenters. The van der Waals surface area contributed by atoms with Crippen LogP contribution in [0.25, 0.3) is 0 Å². The molecule has 27 heteroatoms. The SMILES string of the molecule is C=C1C[C@@H]2CC[C@@]34C[C@H]5O[C@H]6[C@@H](O3)[C@H]3O[C@H](CC[C@@H]3O[C@H]6C5O4)CC(=O)CC3C(CC4O[C@@H](CCC1O2)C[C@@H](C)C4=C)O[C@H](C[C@H](O)CCC(=O)OCc1ccc(NC(=O)[C@H](CCCNC(N)=O)NC(=O)[C@@H](NC(=O)CCCCCC(=O)ON2C(=O)CCC2=O)C(C)C)cc1)[C@@H]3OC. The molecule has 11 fully saturated rings. The normalized spacial score (nSPS) is 34.5. The fourth-order valence-electron chi connectivity index (χ4n) is 16.1. The molecule has 1 aromatic rings. The number of ketones is 1. The number of nitrogens with one attached hydrogen (secondary N) is 4. The van der Waals surface area contributed by atoms with E-state index in [0.717, 1.165) is 43.3 Å². The van der Waals surface area contributed by atoms with Crippen molar-refractivity contribution in [3.8, 4) is 0 Å². The summed E-state index contributed by atoms with van der Waals surface area (Å²) in [6, 6.07) is 3.66. The van der Waals surface area contributed by atoms with Gasteiger partial charge < -0.3 is 84.3 Å². The molecule has 1 spiro atoms. The number of Topliss-reactive ketones (excluding diaryl/α,β-unsaturated/α-hetero) is 1. The summed E-state index contributed by atoms with van der Waals surface area (Å²) in [5.74, 6) is -5.53. The van der Waals surface area contributed by atoms with Crippen molar-refractivity contribution < 1.29 is 100 Å². The first kappa shape index (κ1) is 73.0. The highest BCUT2D eigenvalue weighted by Gasteiger charge is 2.69. The van der Waals surface area contributed by atoms with Crippen LogP contribution in [-0.2, 0) is 97.2 Å². The zero-order chi connectivity index (χ0) is 69.5. The molecule has 0 saturated carbocycles. The van der Waals surface area contributed by atoms with Gasteiger partial charge in [0.1, 0.15) is 55.0 Å². The lowest BCUT2D eigenvalue weighted by Crippen LogP contribution is -2.61. The molecule has 11 aliphatic rings. The summed E-state index contributed by atoms with van der Waals surface area (Å²) in [5, 5.41) is 22.9. The molecule has 7 amide bonds. The second kappa shape index (κ2) is 32.6. The van der Waals surface area contributed by atoms with Crippen molar-refractivity contribution in [3.05, 3.63) is 54.1 Å². The van der Waals surface area contributed by atoms with Crippen LogP contribution in [0, 0.1) is 17.8 Å². The number of unbranched alkanes of at least 4 members (excludes halogenated alkanes) is 2. The Morgan fingerprint density at radius 1 is 0.714 bits per heavy atom. The van der Waals surface area contributed by atoms with Crippen LogP contribution in [0.2, 0.25) is 0 Å². The summed E-state index contributed by atoms with van der Waals surface area (Å²) in [6.07, 6.45) is 2.95. The number of hydroxylamine groups is 2. The summed E-state index contributed by atoms with van der Waals surface area (Å²) >= 11 is 0. The molecule has 0 aromatic heterocycles. The van der Waals surface area contributed by atoms with Gasteiger partial charge in [-0.2, -0.15) is 0 Å². The first-order chi connectivity index (χ1) is 47.0. The minimum absolute atomic E-state index is 0.00229. The number of rotatable bonds is 25. The van der Waals surface area contributed by atoms with Gasteiger partial charge in [-0.15, -0.1) is 5.06 Å². The number of benzene rings is 1. The van der Waals surface area contributed by atoms with Gasteiger partial charge in [-0.05, 0) is 118 Å². The van der Waals surface area contributed by atoms with E-state index < -0.39 is 108 Å². The average Bonchev–Trinajstić information content (AvgIpc) is 1.55. The van der Waals surface area contributed by atoms with Crippen LogP contribution in [-0.4, -0.2) is 193 Å². The molecule has 11 aliphatic heterocycles. The van der Waals surface area contributed by atoms with Gasteiger partial charge in [0.15, 0.2) is 5.79 Å². The van der Waals surface area contributed by atoms with E-state index in [4.69, 9.17) is 57.9 Å². The zero-order valence-corrected chi connectivity index (χ0v) is 56.9.